The molecule has 7 rings (SSSR count). The Bertz CT molecular complexity index is 2350. The fraction of sp³-hybridized carbons (Fsp3) is 0.588. The van der Waals surface area contributed by atoms with Crippen LogP contribution in [0, 0.1) is 5.41 Å². The van der Waals surface area contributed by atoms with E-state index in [4.69, 9.17) is 47.4 Å². The van der Waals surface area contributed by atoms with E-state index in [-0.39, 0.29) is 23.5 Å². The molecule has 0 bridgehead atoms. The second-order valence-corrected chi connectivity index (χ2v) is 19.7. The minimum Gasteiger partial charge on any atom is -0.448 e. The largest absolute Gasteiger partial charge is 0.448 e. The smallest absolute Gasteiger partial charge is 0.344 e. The van der Waals surface area contributed by atoms with Crippen LogP contribution in [0.1, 0.15) is 54.0 Å². The Morgan fingerprint density at radius 1 is 0.646 bits per heavy atom. The minimum atomic E-state index is -1.95. The van der Waals surface area contributed by atoms with Gasteiger partial charge in [0.1, 0.15) is 97.1 Å². The fourth-order valence-electron chi connectivity index (χ4n) is 8.16. The van der Waals surface area contributed by atoms with Gasteiger partial charge in [0.15, 0.2) is 36.6 Å². The van der Waals surface area contributed by atoms with Crippen LogP contribution in [0.5, 0.6) is 11.5 Å². The summed E-state index contributed by atoms with van der Waals surface area (Å²) in [4.78, 5) is 35.0. The average Bonchev–Trinajstić information content (AvgIpc) is 3.91. The third kappa shape index (κ3) is 15.1. The predicted molar refractivity (Wildman–Crippen MR) is 266 cm³/mol. The summed E-state index contributed by atoms with van der Waals surface area (Å²) >= 11 is 0. The van der Waals surface area contributed by atoms with Gasteiger partial charge in [-0.3, -0.25) is 9.59 Å². The normalized spacial score (nSPS) is 36.9. The summed E-state index contributed by atoms with van der Waals surface area (Å²) in [6.45, 7) is 15.4. The number of carbonyl (C=O) groups is 3. The maximum absolute atomic E-state index is 12.8. The number of carbonyl (C=O) groups excluding carboxylic acids is 3. The summed E-state index contributed by atoms with van der Waals surface area (Å²) in [5.74, 6) is -2.40. The van der Waals surface area contributed by atoms with E-state index in [2.05, 4.69) is 30.8 Å². The van der Waals surface area contributed by atoms with Crippen molar-refractivity contribution in [1.29, 1.82) is 0 Å². The van der Waals surface area contributed by atoms with Gasteiger partial charge in [0.05, 0.1) is 26.4 Å². The van der Waals surface area contributed by atoms with Crippen LogP contribution in [0.4, 0.5) is 0 Å². The van der Waals surface area contributed by atoms with Gasteiger partial charge in [-0.2, -0.15) is 0 Å². The zero-order chi connectivity index (χ0) is 58.8. The molecule has 0 aromatic heterocycles. The topological polar surface area (TPSA) is 445 Å². The number of aliphatic hydroxyl groups excluding tert-OH is 13. The standard InChI is InChI=1S/C27H39NO16.C21H28O9.C3H5NO/c1-2-10-3-5-11(6-4-10)24(39)28-25-19(36)17(34)22(13(8-30)40-25)43-27-21(38)18(35)23(14(9-31)42-27)44-26-20(37)16(33)15(32)12(7-29)41-26;1-6-10-26-18-14(23)13(22)15(24)19(28-18)27-17(25)11-8-7-9-12-16(11)30-21(5,29-12)20(2,3)4;1-2-3(4)5/h2-6,12-23,25-27,29-38H,1,7-9H2,(H,28,39);6-9,13-15,18-19,22-24H,1,10H2,2-5H3;2H,1H2,(H2,4,5)/t12-,13-,14-,15+,16+,17-,18-,19-,20-,21-,22-,23+,25-,26-,27+;13-,14-,15-,18+,19+,21?;/m11./s1. The van der Waals surface area contributed by atoms with Gasteiger partial charge < -0.3 is 125 Å². The number of hydrogen-bond acceptors (Lipinski definition) is 26. The summed E-state index contributed by atoms with van der Waals surface area (Å²) in [6.07, 6.45) is -28.9. The Kier molecular flexibility index (Phi) is 23.0. The van der Waals surface area contributed by atoms with E-state index in [9.17, 15) is 80.8 Å². The van der Waals surface area contributed by atoms with Gasteiger partial charge in [-0.25, -0.2) is 4.79 Å². The molecule has 0 aliphatic carbocycles. The molecule has 2 aromatic rings. The molecule has 16 N–H and O–H groups in total. The third-order valence-corrected chi connectivity index (χ3v) is 13.3. The summed E-state index contributed by atoms with van der Waals surface area (Å²) in [6, 6.07) is 11.1. The van der Waals surface area contributed by atoms with Crippen LogP contribution in [0.2, 0.25) is 0 Å². The fourth-order valence-corrected chi connectivity index (χ4v) is 8.16. The number of esters is 1. The third-order valence-electron chi connectivity index (χ3n) is 13.3. The minimum absolute atomic E-state index is 0.0218. The number of hydrogen-bond donors (Lipinski definition) is 15. The monoisotopic (exact) mass is 1130 g/mol. The van der Waals surface area contributed by atoms with E-state index in [1.807, 2.05) is 20.8 Å². The Labute approximate surface area is 452 Å². The van der Waals surface area contributed by atoms with Crippen molar-refractivity contribution in [2.75, 3.05) is 26.4 Å². The molecule has 2 aromatic carbocycles. The Hall–Kier alpha value is -5.13. The average molecular weight is 1130 g/mol. The zero-order valence-electron chi connectivity index (χ0n) is 43.5. The Balaban J connectivity index is 0.000000284. The van der Waals surface area contributed by atoms with Crippen molar-refractivity contribution in [3.63, 3.8) is 0 Å². The van der Waals surface area contributed by atoms with E-state index in [1.165, 1.54) is 24.3 Å². The van der Waals surface area contributed by atoms with Crippen molar-refractivity contribution in [2.24, 2.45) is 11.1 Å². The van der Waals surface area contributed by atoms with Crippen LogP contribution >= 0.6 is 0 Å². The first-order chi connectivity index (χ1) is 37.2. The lowest BCUT2D eigenvalue weighted by molar-refractivity contribution is -0.373. The highest BCUT2D eigenvalue weighted by Crippen LogP contribution is 2.48. The number of ether oxygens (including phenoxy) is 10. The molecule has 0 saturated carbocycles. The Morgan fingerprint density at radius 3 is 1.68 bits per heavy atom. The number of primary amides is 1. The van der Waals surface area contributed by atoms with Gasteiger partial charge in [0.25, 0.3) is 11.7 Å². The molecular formula is C51H72N2O26. The summed E-state index contributed by atoms with van der Waals surface area (Å²) in [7, 11) is 0. The van der Waals surface area contributed by atoms with Gasteiger partial charge in [-0.1, -0.05) is 64.3 Å². The van der Waals surface area contributed by atoms with Crippen LogP contribution in [0.25, 0.3) is 6.08 Å². The van der Waals surface area contributed by atoms with Gasteiger partial charge in [0, 0.05) is 17.9 Å². The molecule has 28 nitrogen and oxygen atoms in total. The Morgan fingerprint density at radius 2 is 1.15 bits per heavy atom. The number of rotatable bonds is 16. The van der Waals surface area contributed by atoms with Gasteiger partial charge in [-0.15, -0.1) is 6.58 Å². The highest BCUT2D eigenvalue weighted by molar-refractivity contribution is 5.95. The lowest BCUT2D eigenvalue weighted by atomic mass is 9.87. The SMILES string of the molecule is C=CC(N)=O.C=CCO[C@H]1O[C@H](OC(=O)c2cccc3c2OC(C)(C(C)(C)C)O3)[C@H](O)[C@H](O)[C@H]1O.C=Cc1ccc(C(=O)N[C@@H]2O[C@H](CO)[C@@H](O[C@@H]3O[C@H](CO)[C@H](O[C@H]4O[C@H](CO)[C@H](O)[C@H](O)[C@H]4O)[C@H](O)[C@H]3O)[C@H](O)[C@H]2O)cc1. The van der Waals surface area contributed by atoms with Gasteiger partial charge in [-0.05, 0) is 35.9 Å². The van der Waals surface area contributed by atoms with E-state index in [1.54, 1.807) is 37.3 Å². The first kappa shape index (κ1) is 64.7. The van der Waals surface area contributed by atoms with E-state index < -0.39 is 172 Å². The number of aliphatic hydroxyl groups is 13. The second kappa shape index (κ2) is 28.0. The summed E-state index contributed by atoms with van der Waals surface area (Å²) in [5.41, 5.74) is 5.18. The molecule has 5 aliphatic rings. The second-order valence-electron chi connectivity index (χ2n) is 19.7. The molecule has 79 heavy (non-hydrogen) atoms. The predicted octanol–water partition coefficient (Wildman–Crippen LogP) is -4.49. The van der Waals surface area contributed by atoms with E-state index in [0.717, 1.165) is 11.6 Å². The molecule has 0 spiro atoms. The molecule has 21 atom stereocenters. The molecule has 5 heterocycles. The number of fused-ring (bicyclic) bond motifs is 1. The molecule has 0 radical (unpaired) electrons. The number of nitrogens with two attached hydrogens (primary N) is 1. The maximum atomic E-state index is 12.8. The molecule has 28 heteroatoms. The van der Waals surface area contributed by atoms with Crippen LogP contribution in [-0.2, 0) is 42.7 Å². The number of para-hydroxylation sites is 1. The number of benzene rings is 2. The first-order valence-corrected chi connectivity index (χ1v) is 24.7. The van der Waals surface area contributed by atoms with Crippen molar-refractivity contribution in [2.45, 2.75) is 156 Å². The number of nitrogens with one attached hydrogen (secondary N) is 1. The van der Waals surface area contributed by atoms with E-state index in [0.29, 0.717) is 5.75 Å². The summed E-state index contributed by atoms with van der Waals surface area (Å²) in [5, 5.41) is 135. The van der Waals surface area contributed by atoms with Gasteiger partial charge >= 0.3 is 5.97 Å². The maximum Gasteiger partial charge on any atom is 0.344 e. The molecule has 2 amide bonds. The van der Waals surface area contributed by atoms with Crippen molar-refractivity contribution < 1.29 is 128 Å². The van der Waals surface area contributed by atoms with Crippen LogP contribution in [0.15, 0.2) is 74.4 Å². The van der Waals surface area contributed by atoms with Crippen LogP contribution in [-0.4, -0.2) is 239 Å². The van der Waals surface area contributed by atoms with E-state index >= 15 is 0 Å². The zero-order valence-corrected chi connectivity index (χ0v) is 43.5. The van der Waals surface area contributed by atoms with Crippen LogP contribution < -0.4 is 20.5 Å². The van der Waals surface area contributed by atoms with Crippen molar-refractivity contribution >= 4 is 23.9 Å². The number of amides is 2. The quantitative estimate of drug-likeness (QED) is 0.0428. The molecule has 442 valence electrons. The molecule has 1 unspecified atom stereocenters. The lowest BCUT2D eigenvalue weighted by Gasteiger charge is -2.48. The molecule has 4 saturated heterocycles. The van der Waals surface area contributed by atoms with Crippen molar-refractivity contribution in [3.05, 3.63) is 91.0 Å². The van der Waals surface area contributed by atoms with Crippen molar-refractivity contribution in [1.82, 2.24) is 5.32 Å². The molecular weight excluding hydrogens is 1060 g/mol. The first-order valence-electron chi connectivity index (χ1n) is 24.7. The summed E-state index contributed by atoms with van der Waals surface area (Å²) < 4.78 is 55.3. The van der Waals surface area contributed by atoms with Gasteiger partial charge in [0.2, 0.25) is 12.2 Å². The highest BCUT2D eigenvalue weighted by Gasteiger charge is 2.54. The van der Waals surface area contributed by atoms with Crippen molar-refractivity contribution in [3.8, 4) is 11.5 Å². The molecule has 5 aliphatic heterocycles. The van der Waals surface area contributed by atoms with Crippen LogP contribution in [0.3, 0.4) is 0 Å². The molecule has 4 fully saturated rings. The lowest BCUT2D eigenvalue weighted by Crippen LogP contribution is -2.67. The highest BCUT2D eigenvalue weighted by atomic mass is 16.8.